The molecule has 0 aliphatic heterocycles. The summed E-state index contributed by atoms with van der Waals surface area (Å²) in [6.07, 6.45) is 4.62. The molecule has 0 fully saturated rings. The maximum atomic E-state index is 12.4. The van der Waals surface area contributed by atoms with Gasteiger partial charge in [0.25, 0.3) is 11.8 Å². The Morgan fingerprint density at radius 3 is 1.31 bits per heavy atom. The van der Waals surface area contributed by atoms with Crippen LogP contribution >= 0.6 is 0 Å². The highest BCUT2D eigenvalue weighted by atomic mass is 16.5. The van der Waals surface area contributed by atoms with Crippen LogP contribution in [0, 0.1) is 0 Å². The first-order valence-electron chi connectivity index (χ1n) is 18.4. The minimum atomic E-state index is -0.447. The fraction of sp³-hybridized carbons (Fsp3) is 0.238. The third-order valence-electron chi connectivity index (χ3n) is 8.18. The van der Waals surface area contributed by atoms with Gasteiger partial charge < -0.3 is 35.2 Å². The highest BCUT2D eigenvalue weighted by Crippen LogP contribution is 2.26. The molecule has 17 heteroatoms. The Labute approximate surface area is 341 Å². The van der Waals surface area contributed by atoms with E-state index in [1.54, 1.807) is 91.1 Å². The first kappa shape index (κ1) is 42.6. The Morgan fingerprint density at radius 1 is 0.542 bits per heavy atom. The molecule has 0 aliphatic carbocycles. The molecule has 59 heavy (non-hydrogen) atoms. The predicted octanol–water partition coefficient (Wildman–Crippen LogP) is 8.59. The Kier molecular flexibility index (Phi) is 13.4. The second kappa shape index (κ2) is 18.6. The van der Waals surface area contributed by atoms with Crippen molar-refractivity contribution < 1.29 is 28.2 Å². The maximum Gasteiger partial charge on any atom is 0.324 e. The van der Waals surface area contributed by atoms with E-state index in [1.807, 2.05) is 60.5 Å². The predicted molar refractivity (Wildman–Crippen MR) is 227 cm³/mol. The second-order valence-corrected chi connectivity index (χ2v) is 15.4. The lowest BCUT2D eigenvalue weighted by molar-refractivity contribution is 0.101. The average Bonchev–Trinajstić information content (AvgIpc) is 3.87. The quantitative estimate of drug-likeness (QED) is 0.0812. The van der Waals surface area contributed by atoms with Gasteiger partial charge >= 0.3 is 12.1 Å². The largest absolute Gasteiger partial charge is 0.363 e. The zero-order chi connectivity index (χ0) is 42.7. The van der Waals surface area contributed by atoms with Crippen molar-refractivity contribution in [3.8, 4) is 0 Å². The first-order chi connectivity index (χ1) is 27.9. The van der Waals surface area contributed by atoms with E-state index in [2.05, 4.69) is 52.2 Å². The van der Waals surface area contributed by atoms with Gasteiger partial charge in [0.2, 0.25) is 0 Å². The normalized spacial score (nSPS) is 11.0. The molecule has 0 bridgehead atoms. The summed E-state index contributed by atoms with van der Waals surface area (Å²) in [4.78, 5) is 58.8. The average molecular weight is 802 g/mol. The van der Waals surface area contributed by atoms with Gasteiger partial charge in [0, 0.05) is 78.4 Å². The van der Waals surface area contributed by atoms with E-state index in [-0.39, 0.29) is 22.6 Å². The molecule has 0 atom stereocenters. The lowest BCUT2D eigenvalue weighted by atomic mass is 9.93. The lowest BCUT2D eigenvalue weighted by Crippen LogP contribution is -2.19. The summed E-state index contributed by atoms with van der Waals surface area (Å²) in [6, 6.07) is 22.9. The highest BCUT2D eigenvalue weighted by Gasteiger charge is 2.21. The van der Waals surface area contributed by atoms with Gasteiger partial charge in [-0.1, -0.05) is 51.9 Å². The van der Waals surface area contributed by atoms with Crippen molar-refractivity contribution in [3.63, 3.8) is 0 Å². The van der Waals surface area contributed by atoms with E-state index in [9.17, 15) is 19.2 Å². The Balaban J connectivity index is 0.000000225. The van der Waals surface area contributed by atoms with E-state index in [0.717, 1.165) is 5.82 Å². The number of urea groups is 2. The van der Waals surface area contributed by atoms with Gasteiger partial charge in [0.05, 0.1) is 11.1 Å². The van der Waals surface area contributed by atoms with Crippen molar-refractivity contribution in [2.24, 2.45) is 0 Å². The van der Waals surface area contributed by atoms with E-state index >= 15 is 0 Å². The van der Waals surface area contributed by atoms with Crippen LogP contribution < -0.4 is 36.8 Å². The standard InChI is InChI=1S/C22H26N6O3.C20H21N5O3/c1-22(2,3)17-12-18(27-31-17)26-21(30)25-16-9-7-15(8-10-16)24-20(29)14-6-11-19(23-13-14)28(4)5;1-20(2,3)16-11-17(25-28-16)24-19(27)23-15-8-6-14(7-9-15)22-18(26)13-5-4-10-21-12-13/h6-13H,1-5H3,(H,24,29)(H2,25,26,27,30);4-12H,1-3H3,(H,22,26)(H2,23,24,25,27). The van der Waals surface area contributed by atoms with Gasteiger partial charge in [0.1, 0.15) is 17.3 Å². The molecule has 6 aromatic rings. The number of aromatic nitrogens is 4. The van der Waals surface area contributed by atoms with E-state index < -0.39 is 12.1 Å². The molecule has 17 nitrogen and oxygen atoms in total. The number of benzene rings is 2. The number of amides is 6. The summed E-state index contributed by atoms with van der Waals surface area (Å²) in [7, 11) is 3.76. The number of anilines is 7. The molecule has 4 aromatic heterocycles. The van der Waals surface area contributed by atoms with Gasteiger partial charge in [-0.05, 0) is 72.8 Å². The Morgan fingerprint density at radius 2 is 0.966 bits per heavy atom. The molecular weight excluding hydrogens is 755 g/mol. The van der Waals surface area contributed by atoms with Crippen molar-refractivity contribution >= 4 is 64.1 Å². The topological polar surface area (TPSA) is 222 Å². The van der Waals surface area contributed by atoms with Crippen LogP contribution in [0.4, 0.5) is 49.8 Å². The van der Waals surface area contributed by atoms with E-state index in [4.69, 9.17) is 9.05 Å². The zero-order valence-electron chi connectivity index (χ0n) is 34.0. The molecule has 0 unspecified atom stereocenters. The summed E-state index contributed by atoms with van der Waals surface area (Å²) in [5, 5.41) is 23.9. The number of nitrogens with zero attached hydrogens (tertiary/aromatic N) is 5. The van der Waals surface area contributed by atoms with Crippen molar-refractivity contribution in [2.75, 3.05) is 50.9 Å². The number of carbonyl (C=O) groups is 4. The Hall–Kier alpha value is -7.56. The highest BCUT2D eigenvalue weighted by molar-refractivity contribution is 6.05. The second-order valence-electron chi connectivity index (χ2n) is 15.4. The number of nitrogens with one attached hydrogen (secondary N) is 6. The molecule has 0 saturated heterocycles. The van der Waals surface area contributed by atoms with Crippen molar-refractivity contribution in [1.29, 1.82) is 0 Å². The van der Waals surface area contributed by atoms with Crippen LogP contribution in [-0.4, -0.2) is 58.3 Å². The third-order valence-corrected chi connectivity index (χ3v) is 8.18. The third kappa shape index (κ3) is 12.7. The van der Waals surface area contributed by atoms with Crippen LogP contribution in [0.3, 0.4) is 0 Å². The number of hydrogen-bond acceptors (Lipinski definition) is 11. The molecule has 2 aromatic carbocycles. The van der Waals surface area contributed by atoms with Gasteiger partial charge in [-0.3, -0.25) is 25.2 Å². The smallest absolute Gasteiger partial charge is 0.324 e. The summed E-state index contributed by atoms with van der Waals surface area (Å²) >= 11 is 0. The van der Waals surface area contributed by atoms with Crippen LogP contribution in [0.1, 0.15) is 73.8 Å². The van der Waals surface area contributed by atoms with Crippen molar-refractivity contribution in [3.05, 3.63) is 126 Å². The monoisotopic (exact) mass is 801 g/mol. The molecule has 0 saturated carbocycles. The molecule has 0 spiro atoms. The zero-order valence-corrected chi connectivity index (χ0v) is 34.0. The summed E-state index contributed by atoms with van der Waals surface area (Å²) in [5.74, 6) is 2.27. The fourth-order valence-electron chi connectivity index (χ4n) is 4.89. The molecular formula is C42H47N11O6. The minimum Gasteiger partial charge on any atom is -0.363 e. The van der Waals surface area contributed by atoms with Crippen LogP contribution in [0.5, 0.6) is 0 Å². The van der Waals surface area contributed by atoms with Gasteiger partial charge in [-0.25, -0.2) is 14.6 Å². The summed E-state index contributed by atoms with van der Waals surface area (Å²) < 4.78 is 10.5. The summed E-state index contributed by atoms with van der Waals surface area (Å²) in [5.41, 5.74) is 2.85. The van der Waals surface area contributed by atoms with Crippen LogP contribution in [0.25, 0.3) is 0 Å². The van der Waals surface area contributed by atoms with Crippen molar-refractivity contribution in [1.82, 2.24) is 20.3 Å². The Bertz CT molecular complexity index is 2340. The molecule has 6 amide bonds. The molecule has 0 radical (unpaired) electrons. The molecule has 4 heterocycles. The minimum absolute atomic E-state index is 0.195. The molecule has 6 rings (SSSR count). The SMILES string of the molecule is CC(C)(C)c1cc(NC(=O)Nc2ccc(NC(=O)c3cccnc3)cc2)no1.CN(C)c1ccc(C(=O)Nc2ccc(NC(=O)Nc3cc(C(C)(C)C)on3)cc2)cn1. The van der Waals surface area contributed by atoms with Gasteiger partial charge in [-0.15, -0.1) is 0 Å². The molecule has 0 aliphatic rings. The lowest BCUT2D eigenvalue weighted by Gasteiger charge is -2.12. The first-order valence-corrected chi connectivity index (χ1v) is 18.4. The number of rotatable bonds is 9. The summed E-state index contributed by atoms with van der Waals surface area (Å²) in [6.45, 7) is 12.0. The van der Waals surface area contributed by atoms with Crippen molar-refractivity contribution in [2.45, 2.75) is 52.4 Å². The maximum absolute atomic E-state index is 12.4. The number of hydrogen-bond donors (Lipinski definition) is 6. The molecule has 306 valence electrons. The van der Waals surface area contributed by atoms with Gasteiger partial charge in [-0.2, -0.15) is 0 Å². The van der Waals surface area contributed by atoms with Gasteiger partial charge in [0.15, 0.2) is 11.6 Å². The fourth-order valence-corrected chi connectivity index (χ4v) is 4.89. The van der Waals surface area contributed by atoms with Crippen LogP contribution in [0.2, 0.25) is 0 Å². The number of pyridine rings is 2. The molecule has 6 N–H and O–H groups in total. The van der Waals surface area contributed by atoms with Crippen LogP contribution in [0.15, 0.2) is 113 Å². The number of carbonyl (C=O) groups excluding carboxylic acids is 4. The van der Waals surface area contributed by atoms with E-state index in [1.165, 1.54) is 12.4 Å². The van der Waals surface area contributed by atoms with E-state index in [0.29, 0.717) is 57.0 Å². The van der Waals surface area contributed by atoms with Crippen LogP contribution in [-0.2, 0) is 10.8 Å².